The number of hydrogen-bond donors (Lipinski definition) is 0. The van der Waals surface area contributed by atoms with Crippen LogP contribution in [0.15, 0.2) is 76.5 Å². The Bertz CT molecular complexity index is 1170. The van der Waals surface area contributed by atoms with Crippen molar-refractivity contribution in [3.63, 3.8) is 0 Å². The molecule has 0 radical (unpaired) electrons. The van der Waals surface area contributed by atoms with E-state index in [1.165, 1.54) is 11.8 Å². The number of ketones is 1. The molecule has 2 aromatic heterocycles. The molecule has 0 saturated carbocycles. The summed E-state index contributed by atoms with van der Waals surface area (Å²) < 4.78 is 18.3. The number of Topliss-reactive ketones (excluding diaryl/α,β-unsaturated/α-hetero) is 1. The van der Waals surface area contributed by atoms with Crippen LogP contribution in [0.1, 0.15) is 23.0 Å². The normalized spacial score (nSPS) is 10.8. The third kappa shape index (κ3) is 5.03. The van der Waals surface area contributed by atoms with Crippen LogP contribution >= 0.6 is 11.8 Å². The van der Waals surface area contributed by atoms with E-state index in [9.17, 15) is 4.79 Å². The molecule has 4 rings (SSSR count). The van der Waals surface area contributed by atoms with Crippen LogP contribution in [-0.2, 0) is 6.54 Å². The molecule has 0 fully saturated rings. The molecule has 0 atom stereocenters. The van der Waals surface area contributed by atoms with Crippen LogP contribution in [0.3, 0.4) is 0 Å². The first-order valence-corrected chi connectivity index (χ1v) is 11.2. The van der Waals surface area contributed by atoms with Gasteiger partial charge in [0, 0.05) is 11.1 Å². The predicted molar refractivity (Wildman–Crippen MR) is 122 cm³/mol. The fourth-order valence-corrected chi connectivity index (χ4v) is 4.02. The zero-order valence-corrected chi connectivity index (χ0v) is 18.7. The number of ether oxygens (including phenoxy) is 2. The van der Waals surface area contributed by atoms with Crippen molar-refractivity contribution in [3.05, 3.63) is 78.3 Å². The van der Waals surface area contributed by atoms with E-state index in [2.05, 4.69) is 10.2 Å². The Morgan fingerprint density at radius 3 is 2.62 bits per heavy atom. The Kier molecular flexibility index (Phi) is 6.91. The molecular weight excluding hydrogens is 426 g/mol. The summed E-state index contributed by atoms with van der Waals surface area (Å²) in [5.41, 5.74) is 1.50. The van der Waals surface area contributed by atoms with E-state index in [0.717, 1.165) is 22.8 Å². The van der Waals surface area contributed by atoms with E-state index in [-0.39, 0.29) is 11.5 Å². The maximum Gasteiger partial charge on any atom is 0.192 e. The molecule has 8 heteroatoms. The van der Waals surface area contributed by atoms with E-state index in [1.807, 2.05) is 60.0 Å². The molecule has 32 heavy (non-hydrogen) atoms. The van der Waals surface area contributed by atoms with Crippen molar-refractivity contribution in [2.75, 3.05) is 19.5 Å². The van der Waals surface area contributed by atoms with Crippen molar-refractivity contribution >= 4 is 17.5 Å². The highest BCUT2D eigenvalue weighted by atomic mass is 32.2. The minimum absolute atomic E-state index is 0.00790. The van der Waals surface area contributed by atoms with E-state index >= 15 is 0 Å². The number of carbonyl (C=O) groups is 1. The second-order valence-corrected chi connectivity index (χ2v) is 7.82. The zero-order chi connectivity index (χ0) is 22.3. The molecule has 0 bridgehead atoms. The number of furan rings is 1. The molecule has 2 aromatic carbocycles. The molecule has 7 nitrogen and oxygen atoms in total. The molecule has 164 valence electrons. The predicted octanol–water partition coefficient (Wildman–Crippen LogP) is 4.97. The van der Waals surface area contributed by atoms with Crippen LogP contribution in [0.4, 0.5) is 0 Å². The summed E-state index contributed by atoms with van der Waals surface area (Å²) in [6, 6.07) is 18.6. The Morgan fingerprint density at radius 2 is 1.91 bits per heavy atom. The smallest absolute Gasteiger partial charge is 0.192 e. The molecule has 0 unspecified atom stereocenters. The van der Waals surface area contributed by atoms with Crippen LogP contribution in [0.25, 0.3) is 11.4 Å². The third-order valence-corrected chi connectivity index (χ3v) is 5.73. The monoisotopic (exact) mass is 449 g/mol. The van der Waals surface area contributed by atoms with Crippen molar-refractivity contribution in [1.82, 2.24) is 14.8 Å². The van der Waals surface area contributed by atoms with Gasteiger partial charge in [-0.25, -0.2) is 0 Å². The highest BCUT2D eigenvalue weighted by Crippen LogP contribution is 2.28. The third-order valence-electron chi connectivity index (χ3n) is 4.76. The maximum atomic E-state index is 12.7. The molecule has 0 saturated heterocycles. The first kappa shape index (κ1) is 21.7. The Labute approximate surface area is 190 Å². The molecule has 2 heterocycles. The molecule has 4 aromatic rings. The highest BCUT2D eigenvalue weighted by molar-refractivity contribution is 7.99. The maximum absolute atomic E-state index is 12.7. The van der Waals surface area contributed by atoms with Gasteiger partial charge in [-0.05, 0) is 55.5 Å². The Hall–Kier alpha value is -3.52. The second-order valence-electron chi connectivity index (χ2n) is 6.87. The molecule has 0 amide bonds. The molecule has 0 aliphatic rings. The summed E-state index contributed by atoms with van der Waals surface area (Å²) in [7, 11) is 1.63. The molecule has 0 aliphatic heterocycles. The first-order valence-electron chi connectivity index (χ1n) is 10.2. The van der Waals surface area contributed by atoms with Crippen LogP contribution in [-0.4, -0.2) is 40.0 Å². The van der Waals surface area contributed by atoms with Gasteiger partial charge in [0.15, 0.2) is 16.8 Å². The van der Waals surface area contributed by atoms with Crippen LogP contribution in [0.5, 0.6) is 11.5 Å². The van der Waals surface area contributed by atoms with Gasteiger partial charge in [-0.1, -0.05) is 23.9 Å². The Morgan fingerprint density at radius 1 is 1.06 bits per heavy atom. The number of methoxy groups -OCH3 is 1. The second kappa shape index (κ2) is 10.2. The molecular formula is C24H23N3O4S. The van der Waals surface area contributed by atoms with Crippen LogP contribution in [0, 0.1) is 0 Å². The van der Waals surface area contributed by atoms with Gasteiger partial charge < -0.3 is 13.9 Å². The molecule has 0 spiro atoms. The number of aromatic nitrogens is 3. The van der Waals surface area contributed by atoms with Gasteiger partial charge >= 0.3 is 0 Å². The van der Waals surface area contributed by atoms with Crippen LogP contribution < -0.4 is 9.47 Å². The van der Waals surface area contributed by atoms with Gasteiger partial charge in [0.2, 0.25) is 0 Å². The lowest BCUT2D eigenvalue weighted by Crippen LogP contribution is -2.07. The zero-order valence-electron chi connectivity index (χ0n) is 17.9. The first-order chi connectivity index (χ1) is 15.7. The number of rotatable bonds is 10. The standard InChI is InChI=1S/C24H23N3O4S/c1-3-30-19-11-9-17(10-12-19)22(28)16-32-24-26-25-23(18-6-4-7-20(14-18)29-2)27(24)15-21-8-5-13-31-21/h4-14H,3,15-16H2,1-2H3. The minimum atomic E-state index is 0.00790. The number of carbonyl (C=O) groups excluding carboxylic acids is 1. The fourth-order valence-electron chi connectivity index (χ4n) is 3.19. The minimum Gasteiger partial charge on any atom is -0.497 e. The lowest BCUT2D eigenvalue weighted by atomic mass is 10.1. The largest absolute Gasteiger partial charge is 0.497 e. The average Bonchev–Trinajstić information content (AvgIpc) is 3.48. The van der Waals surface area contributed by atoms with Gasteiger partial charge in [0.25, 0.3) is 0 Å². The van der Waals surface area contributed by atoms with E-state index in [0.29, 0.717) is 29.7 Å². The number of hydrogen-bond acceptors (Lipinski definition) is 7. The summed E-state index contributed by atoms with van der Waals surface area (Å²) in [6.07, 6.45) is 1.63. The summed E-state index contributed by atoms with van der Waals surface area (Å²) >= 11 is 1.35. The van der Waals surface area contributed by atoms with Crippen molar-refractivity contribution in [3.8, 4) is 22.9 Å². The topological polar surface area (TPSA) is 79.4 Å². The van der Waals surface area contributed by atoms with Crippen molar-refractivity contribution in [2.45, 2.75) is 18.6 Å². The quantitative estimate of drug-likeness (QED) is 0.250. The number of thioether (sulfide) groups is 1. The fraction of sp³-hybridized carbons (Fsp3) is 0.208. The molecule has 0 N–H and O–H groups in total. The van der Waals surface area contributed by atoms with Gasteiger partial charge in [-0.15, -0.1) is 10.2 Å². The number of benzene rings is 2. The van der Waals surface area contributed by atoms with E-state index in [1.54, 1.807) is 25.5 Å². The van der Waals surface area contributed by atoms with Crippen molar-refractivity contribution in [1.29, 1.82) is 0 Å². The summed E-state index contributed by atoms with van der Waals surface area (Å²) in [5, 5.41) is 9.38. The van der Waals surface area contributed by atoms with Crippen LogP contribution in [0.2, 0.25) is 0 Å². The summed E-state index contributed by atoms with van der Waals surface area (Å²) in [5.74, 6) is 3.17. The van der Waals surface area contributed by atoms with E-state index < -0.39 is 0 Å². The SMILES string of the molecule is CCOc1ccc(C(=O)CSc2nnc(-c3cccc(OC)c3)n2Cc2ccco2)cc1. The average molecular weight is 450 g/mol. The summed E-state index contributed by atoms with van der Waals surface area (Å²) in [6.45, 7) is 2.96. The van der Waals surface area contributed by atoms with Crippen molar-refractivity contribution in [2.24, 2.45) is 0 Å². The van der Waals surface area contributed by atoms with E-state index in [4.69, 9.17) is 13.9 Å². The van der Waals surface area contributed by atoms with Gasteiger partial charge in [-0.3, -0.25) is 9.36 Å². The lowest BCUT2D eigenvalue weighted by Gasteiger charge is -2.10. The lowest BCUT2D eigenvalue weighted by molar-refractivity contribution is 0.102. The van der Waals surface area contributed by atoms with Gasteiger partial charge in [-0.2, -0.15) is 0 Å². The van der Waals surface area contributed by atoms with Gasteiger partial charge in [0.1, 0.15) is 17.3 Å². The van der Waals surface area contributed by atoms with Crippen molar-refractivity contribution < 1.29 is 18.7 Å². The Balaban J connectivity index is 1.56. The highest BCUT2D eigenvalue weighted by Gasteiger charge is 2.18. The van der Waals surface area contributed by atoms with Gasteiger partial charge in [0.05, 0.1) is 32.3 Å². The number of nitrogens with zero attached hydrogens (tertiary/aromatic N) is 3. The summed E-state index contributed by atoms with van der Waals surface area (Å²) in [4.78, 5) is 12.7. The molecule has 0 aliphatic carbocycles.